The van der Waals surface area contributed by atoms with E-state index in [0.717, 1.165) is 30.0 Å². The van der Waals surface area contributed by atoms with Crippen LogP contribution in [0.15, 0.2) is 66.8 Å². The molecule has 0 aromatic heterocycles. The van der Waals surface area contributed by atoms with Gasteiger partial charge in [0, 0.05) is 24.7 Å². The summed E-state index contributed by atoms with van der Waals surface area (Å²) < 4.78 is 50.0. The molecule has 1 atom stereocenters. The number of rotatable bonds is 8. The van der Waals surface area contributed by atoms with E-state index in [1.54, 1.807) is 0 Å². The van der Waals surface area contributed by atoms with Crippen LogP contribution in [0.4, 0.5) is 13.2 Å². The zero-order valence-corrected chi connectivity index (χ0v) is 15.7. The summed E-state index contributed by atoms with van der Waals surface area (Å²) in [6.07, 6.45) is 8.05. The summed E-state index contributed by atoms with van der Waals surface area (Å²) in [5, 5.41) is 0. The summed E-state index contributed by atoms with van der Waals surface area (Å²) in [6, 6.07) is 13.7. The van der Waals surface area contributed by atoms with Crippen molar-refractivity contribution in [2.75, 3.05) is 6.61 Å². The third-order valence-electron chi connectivity index (χ3n) is 4.74. The maximum absolute atomic E-state index is 14.8. The van der Waals surface area contributed by atoms with Crippen LogP contribution in [0.3, 0.4) is 0 Å². The largest absolute Gasteiger partial charge is 0.435 e. The first-order chi connectivity index (χ1) is 13.5. The van der Waals surface area contributed by atoms with E-state index in [0.29, 0.717) is 18.6 Å². The topological polar surface area (TPSA) is 18.5 Å². The number of benzene rings is 2. The molecule has 0 fully saturated rings. The molecular weight excluding hydrogens is 365 g/mol. The molecular formula is C23H23F3O2. The van der Waals surface area contributed by atoms with Crippen LogP contribution in [0, 0.1) is 5.82 Å². The van der Waals surface area contributed by atoms with Gasteiger partial charge in [0.05, 0.1) is 0 Å². The number of allylic oxidation sites excluding steroid dienone is 2. The van der Waals surface area contributed by atoms with Crippen LogP contribution >= 0.6 is 0 Å². The Morgan fingerprint density at radius 1 is 1.11 bits per heavy atom. The SMILES string of the molecule is CCCCOC1(c2ccc(OC(F)F)cc2F)C=CC(c2ccccc2)=CC1. The Morgan fingerprint density at radius 2 is 1.89 bits per heavy atom. The summed E-state index contributed by atoms with van der Waals surface area (Å²) in [5.74, 6) is -0.837. The van der Waals surface area contributed by atoms with Gasteiger partial charge >= 0.3 is 6.61 Å². The van der Waals surface area contributed by atoms with Crippen LogP contribution in [0.25, 0.3) is 5.57 Å². The van der Waals surface area contributed by atoms with Crippen molar-refractivity contribution in [3.05, 3.63) is 83.7 Å². The van der Waals surface area contributed by atoms with E-state index in [-0.39, 0.29) is 5.75 Å². The van der Waals surface area contributed by atoms with Gasteiger partial charge in [0.15, 0.2) is 0 Å². The summed E-state index contributed by atoms with van der Waals surface area (Å²) >= 11 is 0. The van der Waals surface area contributed by atoms with E-state index in [9.17, 15) is 13.2 Å². The first-order valence-corrected chi connectivity index (χ1v) is 9.38. The molecule has 0 radical (unpaired) electrons. The molecule has 2 nitrogen and oxygen atoms in total. The Kier molecular flexibility index (Phi) is 6.57. The predicted molar refractivity (Wildman–Crippen MR) is 104 cm³/mol. The summed E-state index contributed by atoms with van der Waals surface area (Å²) in [4.78, 5) is 0. The second kappa shape index (κ2) is 9.11. The Bertz CT molecular complexity index is 846. The van der Waals surface area contributed by atoms with Crippen molar-refractivity contribution in [1.29, 1.82) is 0 Å². The lowest BCUT2D eigenvalue weighted by Crippen LogP contribution is -2.30. The molecule has 2 aromatic rings. The zero-order chi connectivity index (χ0) is 20.0. The van der Waals surface area contributed by atoms with Crippen LogP contribution in [-0.4, -0.2) is 13.2 Å². The monoisotopic (exact) mass is 388 g/mol. The van der Waals surface area contributed by atoms with Crippen molar-refractivity contribution in [1.82, 2.24) is 0 Å². The molecule has 0 saturated carbocycles. The number of hydrogen-bond acceptors (Lipinski definition) is 2. The van der Waals surface area contributed by atoms with Crippen molar-refractivity contribution in [3.8, 4) is 5.75 Å². The molecule has 28 heavy (non-hydrogen) atoms. The molecule has 0 bridgehead atoms. The minimum atomic E-state index is -2.99. The van der Waals surface area contributed by atoms with Crippen LogP contribution in [0.2, 0.25) is 0 Å². The Morgan fingerprint density at radius 3 is 2.50 bits per heavy atom. The van der Waals surface area contributed by atoms with Gasteiger partial charge in [-0.05, 0) is 35.8 Å². The van der Waals surface area contributed by atoms with Crippen LogP contribution in [-0.2, 0) is 10.3 Å². The predicted octanol–water partition coefficient (Wildman–Crippen LogP) is 6.48. The molecule has 2 aromatic carbocycles. The maximum atomic E-state index is 14.8. The number of halogens is 3. The van der Waals surface area contributed by atoms with Crippen molar-refractivity contribution in [2.24, 2.45) is 0 Å². The molecule has 0 aliphatic heterocycles. The van der Waals surface area contributed by atoms with Crippen LogP contribution in [0.1, 0.15) is 37.3 Å². The smallest absolute Gasteiger partial charge is 0.387 e. The lowest BCUT2D eigenvalue weighted by atomic mass is 9.83. The first-order valence-electron chi connectivity index (χ1n) is 9.38. The standard InChI is InChI=1S/C23H23F3O2/c1-2-3-15-27-23(20-10-9-19(16-21(20)24)28-22(25)26)13-11-18(12-14-23)17-7-5-4-6-8-17/h4-13,16,22H,2-3,14-15H2,1H3. The average Bonchev–Trinajstić information content (AvgIpc) is 2.69. The van der Waals surface area contributed by atoms with Gasteiger partial charge in [-0.25, -0.2) is 4.39 Å². The van der Waals surface area contributed by atoms with Crippen molar-refractivity contribution in [3.63, 3.8) is 0 Å². The van der Waals surface area contributed by atoms with Gasteiger partial charge in [-0.3, -0.25) is 0 Å². The van der Waals surface area contributed by atoms with Gasteiger partial charge in [0.2, 0.25) is 0 Å². The quantitative estimate of drug-likeness (QED) is 0.482. The Balaban J connectivity index is 1.90. The van der Waals surface area contributed by atoms with E-state index < -0.39 is 18.0 Å². The van der Waals surface area contributed by atoms with Crippen LogP contribution < -0.4 is 4.74 Å². The summed E-state index contributed by atoms with van der Waals surface area (Å²) in [5.41, 5.74) is 1.45. The molecule has 5 heteroatoms. The number of unbranched alkanes of at least 4 members (excludes halogenated alkanes) is 1. The number of hydrogen-bond donors (Lipinski definition) is 0. The zero-order valence-electron chi connectivity index (χ0n) is 15.7. The number of ether oxygens (including phenoxy) is 2. The van der Waals surface area contributed by atoms with Gasteiger partial charge in [0.1, 0.15) is 17.2 Å². The molecule has 148 valence electrons. The molecule has 3 rings (SSSR count). The highest BCUT2D eigenvalue weighted by Crippen LogP contribution is 2.40. The van der Waals surface area contributed by atoms with Gasteiger partial charge in [-0.15, -0.1) is 0 Å². The second-order valence-electron chi connectivity index (χ2n) is 6.67. The highest BCUT2D eigenvalue weighted by Gasteiger charge is 2.34. The van der Waals surface area contributed by atoms with E-state index in [1.807, 2.05) is 48.6 Å². The number of alkyl halides is 2. The summed E-state index contributed by atoms with van der Waals surface area (Å²) in [6.45, 7) is -0.465. The fourth-order valence-corrected chi connectivity index (χ4v) is 3.27. The molecule has 0 spiro atoms. The highest BCUT2D eigenvalue weighted by molar-refractivity contribution is 5.75. The summed E-state index contributed by atoms with van der Waals surface area (Å²) in [7, 11) is 0. The molecule has 1 unspecified atom stereocenters. The lowest BCUT2D eigenvalue weighted by molar-refractivity contribution is -0.0501. The van der Waals surface area contributed by atoms with E-state index in [1.165, 1.54) is 12.1 Å². The maximum Gasteiger partial charge on any atom is 0.387 e. The highest BCUT2D eigenvalue weighted by atomic mass is 19.3. The lowest BCUT2D eigenvalue weighted by Gasteiger charge is -2.33. The third-order valence-corrected chi connectivity index (χ3v) is 4.74. The molecule has 0 amide bonds. The minimum Gasteiger partial charge on any atom is -0.435 e. The Labute approximate surface area is 163 Å². The molecule has 0 saturated heterocycles. The average molecular weight is 388 g/mol. The van der Waals surface area contributed by atoms with Crippen LogP contribution in [0.5, 0.6) is 5.75 Å². The van der Waals surface area contributed by atoms with E-state index in [4.69, 9.17) is 4.74 Å². The fourth-order valence-electron chi connectivity index (χ4n) is 3.27. The minimum absolute atomic E-state index is 0.208. The molecule has 1 aliphatic rings. The molecule has 0 heterocycles. The van der Waals surface area contributed by atoms with Gasteiger partial charge in [-0.2, -0.15) is 8.78 Å². The van der Waals surface area contributed by atoms with Gasteiger partial charge < -0.3 is 9.47 Å². The first kappa shape index (κ1) is 20.2. The van der Waals surface area contributed by atoms with Crippen molar-refractivity contribution < 1.29 is 22.6 Å². The molecule has 1 aliphatic carbocycles. The third kappa shape index (κ3) is 4.65. The molecule has 0 N–H and O–H groups in total. The van der Waals surface area contributed by atoms with Crippen molar-refractivity contribution >= 4 is 5.57 Å². The van der Waals surface area contributed by atoms with E-state index >= 15 is 0 Å². The van der Waals surface area contributed by atoms with E-state index in [2.05, 4.69) is 11.7 Å². The fraction of sp³-hybridized carbons (Fsp3) is 0.304. The van der Waals surface area contributed by atoms with Gasteiger partial charge in [0.25, 0.3) is 0 Å². The van der Waals surface area contributed by atoms with Crippen molar-refractivity contribution in [2.45, 2.75) is 38.4 Å². The van der Waals surface area contributed by atoms with Gasteiger partial charge in [-0.1, -0.05) is 55.8 Å². The normalized spacial score (nSPS) is 19.0. The Hall–Kier alpha value is -2.53. The second-order valence-corrected chi connectivity index (χ2v) is 6.67.